The van der Waals surface area contributed by atoms with E-state index >= 15 is 0 Å². The van der Waals surface area contributed by atoms with Crippen molar-refractivity contribution in [2.75, 3.05) is 18.0 Å². The molecule has 2 unspecified atom stereocenters. The minimum atomic E-state index is 0.453. The van der Waals surface area contributed by atoms with Gasteiger partial charge >= 0.3 is 0 Å². The van der Waals surface area contributed by atoms with Crippen LogP contribution in [0.1, 0.15) is 43.5 Å². The Labute approximate surface area is 126 Å². The SMILES string of the molecule is CCN(CC)c1conc1C1Cc2ccccc2CC1C. The Kier molecular flexibility index (Phi) is 4.00. The Morgan fingerprint density at radius 3 is 2.48 bits per heavy atom. The zero-order valence-electron chi connectivity index (χ0n) is 13.2. The van der Waals surface area contributed by atoms with Gasteiger partial charge in [0.15, 0.2) is 0 Å². The Bertz CT molecular complexity index is 601. The van der Waals surface area contributed by atoms with Crippen molar-refractivity contribution in [3.8, 4) is 0 Å². The highest BCUT2D eigenvalue weighted by Gasteiger charge is 2.31. The average molecular weight is 284 g/mol. The van der Waals surface area contributed by atoms with E-state index in [2.05, 4.69) is 55.1 Å². The normalized spacial score (nSPS) is 21.1. The van der Waals surface area contributed by atoms with E-state index in [1.807, 2.05) is 6.26 Å². The van der Waals surface area contributed by atoms with E-state index in [4.69, 9.17) is 4.52 Å². The lowest BCUT2D eigenvalue weighted by molar-refractivity contribution is 0.369. The summed E-state index contributed by atoms with van der Waals surface area (Å²) in [5, 5.41) is 4.36. The van der Waals surface area contributed by atoms with E-state index in [0.717, 1.165) is 31.6 Å². The van der Waals surface area contributed by atoms with Crippen molar-refractivity contribution >= 4 is 5.69 Å². The highest BCUT2D eigenvalue weighted by atomic mass is 16.5. The van der Waals surface area contributed by atoms with Crippen LogP contribution in [0.15, 0.2) is 35.1 Å². The summed E-state index contributed by atoms with van der Waals surface area (Å²) in [5.41, 5.74) is 5.28. The van der Waals surface area contributed by atoms with Gasteiger partial charge in [-0.25, -0.2) is 0 Å². The fraction of sp³-hybridized carbons (Fsp3) is 0.500. The summed E-state index contributed by atoms with van der Waals surface area (Å²) in [4.78, 5) is 2.33. The molecule has 21 heavy (non-hydrogen) atoms. The summed E-state index contributed by atoms with van der Waals surface area (Å²) in [6.07, 6.45) is 4.01. The van der Waals surface area contributed by atoms with E-state index in [9.17, 15) is 0 Å². The lowest BCUT2D eigenvalue weighted by atomic mass is 9.75. The van der Waals surface area contributed by atoms with Crippen LogP contribution >= 0.6 is 0 Å². The number of anilines is 1. The number of aromatic nitrogens is 1. The Balaban J connectivity index is 1.93. The number of hydrogen-bond acceptors (Lipinski definition) is 3. The maximum atomic E-state index is 5.33. The molecule has 1 aliphatic rings. The highest BCUT2D eigenvalue weighted by Crippen LogP contribution is 2.39. The third-order valence-corrected chi connectivity index (χ3v) is 4.82. The zero-order valence-corrected chi connectivity index (χ0v) is 13.2. The van der Waals surface area contributed by atoms with E-state index in [1.54, 1.807) is 0 Å². The Morgan fingerprint density at radius 1 is 1.14 bits per heavy atom. The third kappa shape index (κ3) is 2.57. The summed E-state index contributed by atoms with van der Waals surface area (Å²) in [5.74, 6) is 1.05. The van der Waals surface area contributed by atoms with E-state index < -0.39 is 0 Å². The second kappa shape index (κ2) is 5.92. The topological polar surface area (TPSA) is 29.3 Å². The predicted molar refractivity (Wildman–Crippen MR) is 85.8 cm³/mol. The molecule has 0 saturated heterocycles. The van der Waals surface area contributed by atoms with E-state index in [0.29, 0.717) is 11.8 Å². The minimum Gasteiger partial charge on any atom is -0.368 e. The van der Waals surface area contributed by atoms with Gasteiger partial charge < -0.3 is 9.42 Å². The van der Waals surface area contributed by atoms with Crippen LogP contribution < -0.4 is 4.90 Å². The van der Waals surface area contributed by atoms with Crippen molar-refractivity contribution in [3.05, 3.63) is 47.3 Å². The Morgan fingerprint density at radius 2 is 1.81 bits per heavy atom. The third-order valence-electron chi connectivity index (χ3n) is 4.82. The molecular formula is C18H24N2O. The number of benzene rings is 1. The Hall–Kier alpha value is -1.77. The molecule has 3 nitrogen and oxygen atoms in total. The first-order chi connectivity index (χ1) is 10.2. The number of rotatable bonds is 4. The molecule has 3 rings (SSSR count). The largest absolute Gasteiger partial charge is 0.368 e. The molecule has 0 bridgehead atoms. The van der Waals surface area contributed by atoms with Crippen molar-refractivity contribution in [1.29, 1.82) is 0 Å². The molecule has 0 aliphatic heterocycles. The molecule has 0 fully saturated rings. The van der Waals surface area contributed by atoms with Crippen LogP contribution in [0.3, 0.4) is 0 Å². The van der Waals surface area contributed by atoms with Gasteiger partial charge in [-0.2, -0.15) is 0 Å². The number of fused-ring (bicyclic) bond motifs is 1. The first kappa shape index (κ1) is 14.2. The van der Waals surface area contributed by atoms with Crippen LogP contribution in [0.5, 0.6) is 0 Å². The minimum absolute atomic E-state index is 0.453. The zero-order chi connectivity index (χ0) is 14.8. The van der Waals surface area contributed by atoms with Crippen LogP contribution in [0, 0.1) is 5.92 Å². The standard InChI is InChI=1S/C18H24N2O/c1-4-20(5-2)17-12-21-19-18(17)16-11-15-9-7-6-8-14(15)10-13(16)3/h6-9,12-13,16H,4-5,10-11H2,1-3H3. The number of nitrogens with zero attached hydrogens (tertiary/aromatic N) is 2. The first-order valence-corrected chi connectivity index (χ1v) is 8.00. The van der Waals surface area contributed by atoms with E-state index in [-0.39, 0.29) is 0 Å². The van der Waals surface area contributed by atoms with Crippen molar-refractivity contribution < 1.29 is 4.52 Å². The van der Waals surface area contributed by atoms with Crippen LogP contribution in [0.25, 0.3) is 0 Å². The van der Waals surface area contributed by atoms with Crippen molar-refractivity contribution in [3.63, 3.8) is 0 Å². The molecule has 1 aliphatic carbocycles. The van der Waals surface area contributed by atoms with Crippen molar-refractivity contribution in [1.82, 2.24) is 5.16 Å². The summed E-state index contributed by atoms with van der Waals surface area (Å²) in [6, 6.07) is 8.80. The van der Waals surface area contributed by atoms with Crippen LogP contribution in [0.4, 0.5) is 5.69 Å². The fourth-order valence-electron chi connectivity index (χ4n) is 3.55. The highest BCUT2D eigenvalue weighted by molar-refractivity contribution is 5.51. The number of hydrogen-bond donors (Lipinski definition) is 0. The van der Waals surface area contributed by atoms with Gasteiger partial charge in [0.1, 0.15) is 17.6 Å². The average Bonchev–Trinajstić information content (AvgIpc) is 2.97. The summed E-state index contributed by atoms with van der Waals surface area (Å²) >= 11 is 0. The van der Waals surface area contributed by atoms with Crippen molar-refractivity contribution in [2.45, 2.75) is 39.5 Å². The second-order valence-corrected chi connectivity index (χ2v) is 6.02. The van der Waals surface area contributed by atoms with Crippen molar-refractivity contribution in [2.24, 2.45) is 5.92 Å². The molecule has 1 heterocycles. The van der Waals surface area contributed by atoms with Gasteiger partial charge in [-0.3, -0.25) is 0 Å². The van der Waals surface area contributed by atoms with Crippen LogP contribution in [0.2, 0.25) is 0 Å². The maximum absolute atomic E-state index is 5.33. The molecule has 2 aromatic rings. The van der Waals surface area contributed by atoms with Gasteiger partial charge in [0.05, 0.1) is 0 Å². The summed E-state index contributed by atoms with van der Waals surface area (Å²) in [7, 11) is 0. The monoisotopic (exact) mass is 284 g/mol. The van der Waals surface area contributed by atoms with Gasteiger partial charge in [-0.1, -0.05) is 36.3 Å². The molecule has 1 aromatic carbocycles. The molecule has 112 valence electrons. The lowest BCUT2D eigenvalue weighted by Crippen LogP contribution is -2.27. The second-order valence-electron chi connectivity index (χ2n) is 6.02. The van der Waals surface area contributed by atoms with Crippen LogP contribution in [-0.2, 0) is 12.8 Å². The smallest absolute Gasteiger partial charge is 0.147 e. The molecule has 0 saturated carbocycles. The van der Waals surface area contributed by atoms with Gasteiger partial charge in [-0.05, 0) is 43.7 Å². The molecule has 0 N–H and O–H groups in total. The van der Waals surface area contributed by atoms with E-state index in [1.165, 1.54) is 16.8 Å². The molecule has 3 heteroatoms. The molecule has 2 atom stereocenters. The van der Waals surface area contributed by atoms with Gasteiger partial charge in [0, 0.05) is 19.0 Å². The lowest BCUT2D eigenvalue weighted by Gasteiger charge is -2.31. The fourth-order valence-corrected chi connectivity index (χ4v) is 3.55. The van der Waals surface area contributed by atoms with Crippen LogP contribution in [-0.4, -0.2) is 18.2 Å². The van der Waals surface area contributed by atoms with Gasteiger partial charge in [0.25, 0.3) is 0 Å². The molecule has 0 spiro atoms. The first-order valence-electron chi connectivity index (χ1n) is 8.00. The predicted octanol–water partition coefficient (Wildman–Crippen LogP) is 4.04. The summed E-state index contributed by atoms with van der Waals surface area (Å²) < 4.78 is 5.33. The molecule has 0 amide bonds. The van der Waals surface area contributed by atoms with Gasteiger partial charge in [0.2, 0.25) is 0 Å². The molecule has 0 radical (unpaired) electrons. The summed E-state index contributed by atoms with van der Waals surface area (Å²) in [6.45, 7) is 8.67. The molecule has 1 aromatic heterocycles. The van der Waals surface area contributed by atoms with Gasteiger partial charge in [-0.15, -0.1) is 0 Å². The quantitative estimate of drug-likeness (QED) is 0.848. The molecular weight excluding hydrogens is 260 g/mol. The maximum Gasteiger partial charge on any atom is 0.147 e.